The van der Waals surface area contributed by atoms with Gasteiger partial charge in [0.1, 0.15) is 5.82 Å². The van der Waals surface area contributed by atoms with Crippen LogP contribution < -0.4 is 5.32 Å². The van der Waals surface area contributed by atoms with E-state index >= 15 is 0 Å². The Morgan fingerprint density at radius 2 is 2.04 bits per heavy atom. The number of fused-ring (bicyclic) bond motifs is 1. The molecule has 2 aliphatic rings. The molecular formula is C16H22N4O5S. The first-order valence-electron chi connectivity index (χ1n) is 8.42. The molecule has 142 valence electrons. The maximum Gasteiger partial charge on any atom is 0.304 e. The van der Waals surface area contributed by atoms with Crippen molar-refractivity contribution in [3.05, 3.63) is 23.9 Å². The minimum atomic E-state index is -3.27. The Bertz CT molecular complexity index is 813. The number of amides is 1. The monoisotopic (exact) mass is 382 g/mol. The van der Waals surface area contributed by atoms with Crippen LogP contribution in [0.5, 0.6) is 0 Å². The fraction of sp³-hybridized carbons (Fsp3) is 0.562. The molecule has 2 aliphatic heterocycles. The van der Waals surface area contributed by atoms with Gasteiger partial charge in [0.25, 0.3) is 5.91 Å². The van der Waals surface area contributed by atoms with Crippen molar-refractivity contribution in [2.45, 2.75) is 18.5 Å². The van der Waals surface area contributed by atoms with Crippen molar-refractivity contribution < 1.29 is 23.1 Å². The fourth-order valence-electron chi connectivity index (χ4n) is 3.66. The number of hydrogen-bond donors (Lipinski definition) is 2. The summed E-state index contributed by atoms with van der Waals surface area (Å²) in [4.78, 5) is 31.4. The van der Waals surface area contributed by atoms with Crippen LogP contribution in [-0.2, 0) is 14.6 Å². The smallest absolute Gasteiger partial charge is 0.304 e. The molecule has 2 saturated heterocycles. The summed E-state index contributed by atoms with van der Waals surface area (Å²) < 4.78 is 24.4. The summed E-state index contributed by atoms with van der Waals surface area (Å²) in [6.07, 6.45) is 1.48. The van der Waals surface area contributed by atoms with E-state index < -0.39 is 21.8 Å². The van der Waals surface area contributed by atoms with Crippen LogP contribution in [0.15, 0.2) is 18.3 Å². The van der Waals surface area contributed by atoms with E-state index in [-0.39, 0.29) is 36.4 Å². The number of piperazine rings is 1. The first-order valence-corrected chi connectivity index (χ1v) is 10.2. The summed E-state index contributed by atoms with van der Waals surface area (Å²) in [7, 11) is -1.56. The molecule has 0 unspecified atom stereocenters. The number of nitrogens with one attached hydrogen (secondary N) is 1. The van der Waals surface area contributed by atoms with E-state index in [9.17, 15) is 18.0 Å². The molecule has 1 aromatic rings. The van der Waals surface area contributed by atoms with Crippen molar-refractivity contribution in [3.63, 3.8) is 0 Å². The minimum absolute atomic E-state index is 0.0425. The Labute approximate surface area is 151 Å². The zero-order valence-electron chi connectivity index (χ0n) is 14.5. The van der Waals surface area contributed by atoms with E-state index in [1.165, 1.54) is 6.20 Å². The predicted octanol–water partition coefficient (Wildman–Crippen LogP) is -0.479. The molecule has 1 aromatic heterocycles. The van der Waals surface area contributed by atoms with Crippen molar-refractivity contribution in [1.82, 2.24) is 14.8 Å². The van der Waals surface area contributed by atoms with Crippen LogP contribution in [0.3, 0.4) is 0 Å². The van der Waals surface area contributed by atoms with Crippen LogP contribution in [0.4, 0.5) is 5.82 Å². The minimum Gasteiger partial charge on any atom is -0.481 e. The maximum absolute atomic E-state index is 13.0. The van der Waals surface area contributed by atoms with E-state index in [2.05, 4.69) is 10.3 Å². The number of nitrogens with zero attached hydrogens (tertiary/aromatic N) is 3. The molecule has 2 atom stereocenters. The van der Waals surface area contributed by atoms with Crippen LogP contribution in [0.1, 0.15) is 16.8 Å². The van der Waals surface area contributed by atoms with Gasteiger partial charge < -0.3 is 15.3 Å². The summed E-state index contributed by atoms with van der Waals surface area (Å²) >= 11 is 0. The molecule has 0 aromatic carbocycles. The average Bonchev–Trinajstić information content (AvgIpc) is 2.94. The lowest BCUT2D eigenvalue weighted by Gasteiger charge is -2.43. The van der Waals surface area contributed by atoms with E-state index in [0.29, 0.717) is 24.5 Å². The molecule has 0 spiro atoms. The molecule has 10 heteroatoms. The lowest BCUT2D eigenvalue weighted by atomic mass is 10.0. The number of pyridine rings is 1. The lowest BCUT2D eigenvalue weighted by Crippen LogP contribution is -2.60. The Morgan fingerprint density at radius 3 is 2.73 bits per heavy atom. The third kappa shape index (κ3) is 3.80. The number of hydrogen-bond acceptors (Lipinski definition) is 7. The molecular weight excluding hydrogens is 360 g/mol. The molecule has 3 rings (SSSR count). The third-order valence-electron chi connectivity index (χ3n) is 4.93. The summed E-state index contributed by atoms with van der Waals surface area (Å²) in [5.41, 5.74) is 0.450. The number of carbonyl (C=O) groups excluding carboxylic acids is 1. The Kier molecular flexibility index (Phi) is 5.15. The third-order valence-corrected chi connectivity index (χ3v) is 6.63. The molecule has 0 aliphatic carbocycles. The number of anilines is 1. The van der Waals surface area contributed by atoms with Gasteiger partial charge in [0, 0.05) is 44.5 Å². The second-order valence-corrected chi connectivity index (χ2v) is 8.72. The molecule has 2 N–H and O–H groups in total. The quantitative estimate of drug-likeness (QED) is 0.701. The number of aliphatic carboxylic acids is 1. The first-order chi connectivity index (χ1) is 12.3. The highest BCUT2D eigenvalue weighted by Crippen LogP contribution is 2.28. The highest BCUT2D eigenvalue weighted by atomic mass is 32.2. The van der Waals surface area contributed by atoms with E-state index in [1.54, 1.807) is 24.1 Å². The van der Waals surface area contributed by atoms with Crippen LogP contribution in [0.2, 0.25) is 0 Å². The first kappa shape index (κ1) is 18.6. The Morgan fingerprint density at radius 1 is 1.31 bits per heavy atom. The van der Waals surface area contributed by atoms with Gasteiger partial charge in [-0.3, -0.25) is 14.5 Å². The Hall–Kier alpha value is -2.20. The van der Waals surface area contributed by atoms with Gasteiger partial charge in [0.05, 0.1) is 24.0 Å². The summed E-state index contributed by atoms with van der Waals surface area (Å²) in [6, 6.07) is 2.43. The number of sulfone groups is 1. The average molecular weight is 382 g/mol. The van der Waals surface area contributed by atoms with Crippen molar-refractivity contribution in [1.29, 1.82) is 0 Å². The number of carboxylic acids is 1. The molecule has 26 heavy (non-hydrogen) atoms. The SMILES string of the molecule is CNc1cc(C(=O)N2CCN(CCC(=O)O)[C@@H]3CS(=O)(=O)C[C@@H]32)ccn1. The second kappa shape index (κ2) is 7.20. The second-order valence-electron chi connectivity index (χ2n) is 6.57. The van der Waals surface area contributed by atoms with Crippen LogP contribution in [-0.4, -0.2) is 90.5 Å². The highest BCUT2D eigenvalue weighted by Gasteiger charge is 2.48. The maximum atomic E-state index is 13.0. The predicted molar refractivity (Wildman–Crippen MR) is 94.9 cm³/mol. The van der Waals surface area contributed by atoms with Crippen molar-refractivity contribution in [2.75, 3.05) is 43.5 Å². The fourth-order valence-corrected chi connectivity index (χ4v) is 5.67. The van der Waals surface area contributed by atoms with E-state index in [4.69, 9.17) is 5.11 Å². The van der Waals surface area contributed by atoms with Gasteiger partial charge in [0.15, 0.2) is 9.84 Å². The van der Waals surface area contributed by atoms with Crippen LogP contribution >= 0.6 is 0 Å². The number of carboxylic acid groups (broad SMARTS) is 1. The van der Waals surface area contributed by atoms with Gasteiger partial charge in [-0.15, -0.1) is 0 Å². The topological polar surface area (TPSA) is 120 Å². The molecule has 3 heterocycles. The van der Waals surface area contributed by atoms with Crippen molar-refractivity contribution in [3.8, 4) is 0 Å². The largest absolute Gasteiger partial charge is 0.481 e. The molecule has 0 saturated carbocycles. The number of carbonyl (C=O) groups is 2. The van der Waals surface area contributed by atoms with Gasteiger partial charge in [-0.1, -0.05) is 0 Å². The number of rotatable bonds is 5. The van der Waals surface area contributed by atoms with Gasteiger partial charge in [-0.2, -0.15) is 0 Å². The van der Waals surface area contributed by atoms with Crippen LogP contribution in [0, 0.1) is 0 Å². The van der Waals surface area contributed by atoms with Crippen LogP contribution in [0.25, 0.3) is 0 Å². The molecule has 0 bridgehead atoms. The normalized spacial score (nSPS) is 24.9. The standard InChI is InChI=1S/C16H22N4O5S/c1-17-14-8-11(2-4-18-14)16(23)20-7-6-19(5-3-15(21)22)12-9-26(24,25)10-13(12)20/h2,4,8,12-13H,3,5-7,9-10H2,1H3,(H,17,18)(H,21,22)/t12-,13+/m1/s1. The van der Waals surface area contributed by atoms with Gasteiger partial charge >= 0.3 is 5.97 Å². The molecule has 0 radical (unpaired) electrons. The van der Waals surface area contributed by atoms with Gasteiger partial charge in [-0.25, -0.2) is 13.4 Å². The van der Waals surface area contributed by atoms with Gasteiger partial charge in [-0.05, 0) is 12.1 Å². The van der Waals surface area contributed by atoms with Gasteiger partial charge in [0.2, 0.25) is 0 Å². The summed E-state index contributed by atoms with van der Waals surface area (Å²) in [5.74, 6) is -0.714. The summed E-state index contributed by atoms with van der Waals surface area (Å²) in [5, 5.41) is 11.8. The molecule has 1 amide bonds. The molecule has 9 nitrogen and oxygen atoms in total. The van der Waals surface area contributed by atoms with E-state index in [1.807, 2.05) is 4.90 Å². The van der Waals surface area contributed by atoms with Crippen molar-refractivity contribution in [2.24, 2.45) is 0 Å². The highest BCUT2D eigenvalue weighted by molar-refractivity contribution is 7.91. The lowest BCUT2D eigenvalue weighted by molar-refractivity contribution is -0.137. The Balaban J connectivity index is 1.83. The number of aromatic nitrogens is 1. The zero-order chi connectivity index (χ0) is 18.9. The molecule has 2 fully saturated rings. The summed E-state index contributed by atoms with van der Waals surface area (Å²) in [6.45, 7) is 1.11. The van der Waals surface area contributed by atoms with Crippen molar-refractivity contribution >= 4 is 27.5 Å². The van der Waals surface area contributed by atoms with E-state index in [0.717, 1.165) is 0 Å². The zero-order valence-corrected chi connectivity index (χ0v) is 15.3.